The normalized spacial score (nSPS) is 16.4. The zero-order valence-corrected chi connectivity index (χ0v) is 5.46. The molecule has 0 aromatic heterocycles. The number of rotatable bonds is 2. The van der Waals surface area contributed by atoms with E-state index < -0.39 is 24.1 Å². The molecule has 0 aliphatic rings. The highest BCUT2D eigenvalue weighted by atomic mass is 19.4. The van der Waals surface area contributed by atoms with Crippen LogP contribution in [0.1, 0.15) is 0 Å². The zero-order chi connectivity index (χ0) is 10.9. The molecule has 0 aliphatic carbocycles. The second-order valence-electron chi connectivity index (χ2n) is 1.68. The van der Waals surface area contributed by atoms with Gasteiger partial charge in [-0.25, -0.2) is 9.23 Å². The number of hydrogen-bond acceptors (Lipinski definition) is 2. The molecule has 0 fully saturated rings. The number of hydroxylamine groups is 1. The van der Waals surface area contributed by atoms with Crippen LogP contribution in [0.15, 0.2) is 0 Å². The zero-order valence-electron chi connectivity index (χ0n) is 5.46. The monoisotopic (exact) mass is 219 g/mol. The summed E-state index contributed by atoms with van der Waals surface area (Å²) in [7, 11) is 0. The molecule has 2 nitrogen and oxygen atoms in total. The summed E-state index contributed by atoms with van der Waals surface area (Å²) in [6.07, 6.45) is -15.9. The van der Waals surface area contributed by atoms with E-state index in [9.17, 15) is 35.2 Å². The van der Waals surface area contributed by atoms with Crippen molar-refractivity contribution in [3.8, 4) is 0 Å². The van der Waals surface area contributed by atoms with Crippen LogP contribution in [0.25, 0.3) is 0 Å². The second-order valence-corrected chi connectivity index (χ2v) is 1.68. The largest absolute Gasteiger partial charge is 0.511 e. The first kappa shape index (κ1) is 12.4. The molecule has 0 rings (SSSR count). The molecule has 13 heavy (non-hydrogen) atoms. The Morgan fingerprint density at radius 2 is 1.38 bits per heavy atom. The van der Waals surface area contributed by atoms with Crippen molar-refractivity contribution in [2.75, 3.05) is 0 Å². The molecule has 0 spiro atoms. The minimum Gasteiger partial charge on any atom is -0.215 e. The molecule has 0 N–H and O–H groups in total. The van der Waals surface area contributed by atoms with Crippen LogP contribution in [-0.2, 0) is 4.84 Å². The summed E-state index contributed by atoms with van der Waals surface area (Å²) in [5.41, 5.74) is 0. The minimum atomic E-state index is -5.84. The Labute approximate surface area is 65.6 Å². The van der Waals surface area contributed by atoms with Crippen molar-refractivity contribution >= 4 is 0 Å². The number of alkyl halides is 7. The Bertz CT molecular complexity index is 144. The highest BCUT2D eigenvalue weighted by Crippen LogP contribution is 2.29. The lowest BCUT2D eigenvalue weighted by atomic mass is 10.7. The standard InChI is InChI=1S/C3HF8NO/c4-1(2(5,6)7)13-12(11)3(8,9)10/h1H. The molecule has 0 aromatic carbocycles. The van der Waals surface area contributed by atoms with Gasteiger partial charge in [0.2, 0.25) is 0 Å². The van der Waals surface area contributed by atoms with Gasteiger partial charge in [0.25, 0.3) is 0 Å². The van der Waals surface area contributed by atoms with Crippen molar-refractivity contribution in [1.29, 1.82) is 0 Å². The molecular weight excluding hydrogens is 218 g/mol. The minimum absolute atomic E-state index is 2.23. The maximum atomic E-state index is 11.6. The molecule has 1 unspecified atom stereocenters. The first-order chi connectivity index (χ1) is 5.55. The average molecular weight is 219 g/mol. The fourth-order valence-corrected chi connectivity index (χ4v) is 0.201. The first-order valence-electron chi connectivity index (χ1n) is 2.45. The van der Waals surface area contributed by atoms with Gasteiger partial charge >= 0.3 is 18.8 Å². The van der Waals surface area contributed by atoms with E-state index in [4.69, 9.17) is 0 Å². The fourth-order valence-electron chi connectivity index (χ4n) is 0.201. The smallest absolute Gasteiger partial charge is 0.215 e. The highest BCUT2D eigenvalue weighted by Gasteiger charge is 2.49. The van der Waals surface area contributed by atoms with E-state index in [1.165, 1.54) is 0 Å². The van der Waals surface area contributed by atoms with Crippen molar-refractivity contribution in [1.82, 2.24) is 5.29 Å². The molecule has 10 heteroatoms. The average Bonchev–Trinajstić information content (AvgIpc) is 1.82. The van der Waals surface area contributed by atoms with Gasteiger partial charge in [-0.3, -0.25) is 0 Å². The van der Waals surface area contributed by atoms with Crippen LogP contribution in [0.2, 0.25) is 0 Å². The van der Waals surface area contributed by atoms with Crippen molar-refractivity contribution in [3.63, 3.8) is 0 Å². The molecule has 80 valence electrons. The SMILES string of the molecule is FC(ON(F)C(F)(F)F)C(F)(F)F. The van der Waals surface area contributed by atoms with E-state index in [-0.39, 0.29) is 0 Å². The third-order valence-corrected chi connectivity index (χ3v) is 0.642. The molecule has 1 atom stereocenters. The Kier molecular flexibility index (Phi) is 3.44. The lowest BCUT2D eigenvalue weighted by Gasteiger charge is -2.17. The maximum Gasteiger partial charge on any atom is 0.511 e. The predicted molar refractivity (Wildman–Crippen MR) is 21.0 cm³/mol. The molecule has 0 heterocycles. The van der Waals surface area contributed by atoms with Crippen LogP contribution in [0.3, 0.4) is 0 Å². The van der Waals surface area contributed by atoms with Gasteiger partial charge in [-0.1, -0.05) is 4.48 Å². The van der Waals surface area contributed by atoms with Gasteiger partial charge in [0.15, 0.2) is 0 Å². The van der Waals surface area contributed by atoms with Crippen molar-refractivity contribution in [2.24, 2.45) is 0 Å². The number of halogens is 8. The molecule has 0 aliphatic heterocycles. The maximum absolute atomic E-state index is 11.6. The Morgan fingerprint density at radius 3 is 1.62 bits per heavy atom. The number of hydrogen-bond donors (Lipinski definition) is 0. The quantitative estimate of drug-likeness (QED) is 0.306. The molecule has 0 radical (unpaired) electrons. The first-order valence-corrected chi connectivity index (χ1v) is 2.45. The lowest BCUT2D eigenvalue weighted by Crippen LogP contribution is -2.38. The Morgan fingerprint density at radius 1 is 1.00 bits per heavy atom. The fraction of sp³-hybridized carbons (Fsp3) is 1.00. The van der Waals surface area contributed by atoms with Gasteiger partial charge in [-0.05, 0) is 0 Å². The summed E-state index contributed by atoms with van der Waals surface area (Å²) in [6, 6.07) is 0. The Hall–Kier alpha value is -0.640. The van der Waals surface area contributed by atoms with Gasteiger partial charge in [-0.15, -0.1) is 0 Å². The molecule has 0 saturated heterocycles. The van der Waals surface area contributed by atoms with E-state index in [1.54, 1.807) is 0 Å². The van der Waals surface area contributed by atoms with Gasteiger partial charge < -0.3 is 0 Å². The van der Waals surface area contributed by atoms with E-state index >= 15 is 0 Å². The highest BCUT2D eigenvalue weighted by molar-refractivity contribution is 4.52. The van der Waals surface area contributed by atoms with Gasteiger partial charge in [-0.2, -0.15) is 26.3 Å². The molecule has 0 saturated carbocycles. The van der Waals surface area contributed by atoms with Crippen molar-refractivity contribution in [3.05, 3.63) is 0 Å². The van der Waals surface area contributed by atoms with Gasteiger partial charge in [0.1, 0.15) is 0 Å². The molecular formula is C3HF8NO. The van der Waals surface area contributed by atoms with Crippen molar-refractivity contribution < 1.29 is 40.1 Å². The third-order valence-electron chi connectivity index (χ3n) is 0.642. The molecule has 0 amide bonds. The summed E-state index contributed by atoms with van der Waals surface area (Å²) < 4.78 is 89.7. The van der Waals surface area contributed by atoms with E-state index in [0.717, 1.165) is 0 Å². The summed E-state index contributed by atoms with van der Waals surface area (Å²) in [5.74, 6) is 0. The molecule has 0 bridgehead atoms. The van der Waals surface area contributed by atoms with Crippen LogP contribution in [-0.4, -0.2) is 24.1 Å². The van der Waals surface area contributed by atoms with Gasteiger partial charge in [0, 0.05) is 0 Å². The van der Waals surface area contributed by atoms with Crippen LogP contribution in [0.4, 0.5) is 35.2 Å². The van der Waals surface area contributed by atoms with Crippen LogP contribution >= 0.6 is 0 Å². The van der Waals surface area contributed by atoms with Gasteiger partial charge in [0.05, 0.1) is 5.29 Å². The summed E-state index contributed by atoms with van der Waals surface area (Å²) >= 11 is 0. The van der Waals surface area contributed by atoms with Crippen molar-refractivity contribution in [2.45, 2.75) is 18.8 Å². The van der Waals surface area contributed by atoms with Crippen LogP contribution in [0, 0.1) is 0 Å². The lowest BCUT2D eigenvalue weighted by molar-refractivity contribution is -0.491. The second kappa shape index (κ2) is 3.62. The topological polar surface area (TPSA) is 12.5 Å². The molecule has 0 aromatic rings. The Balaban J connectivity index is 4.15. The summed E-state index contributed by atoms with van der Waals surface area (Å²) in [5, 5.41) is -2.66. The van der Waals surface area contributed by atoms with E-state index in [2.05, 4.69) is 4.84 Å². The third kappa shape index (κ3) is 4.22. The summed E-state index contributed by atoms with van der Waals surface area (Å²) in [6.45, 7) is 0. The van der Waals surface area contributed by atoms with Crippen LogP contribution < -0.4 is 0 Å². The van der Waals surface area contributed by atoms with E-state index in [0.29, 0.717) is 0 Å². The van der Waals surface area contributed by atoms with E-state index in [1.807, 2.05) is 0 Å². The van der Waals surface area contributed by atoms with Crippen LogP contribution in [0.5, 0.6) is 0 Å². The predicted octanol–water partition coefficient (Wildman–Crippen LogP) is 2.48. The number of nitrogens with zero attached hydrogens (tertiary/aromatic N) is 1. The summed E-state index contributed by atoms with van der Waals surface area (Å²) in [4.78, 5) is 2.23.